The van der Waals surface area contributed by atoms with Crippen molar-refractivity contribution in [2.75, 3.05) is 0 Å². The van der Waals surface area contributed by atoms with Gasteiger partial charge in [-0.1, -0.05) is 36.5 Å². The van der Waals surface area contributed by atoms with Gasteiger partial charge >= 0.3 is 33.9 Å². The van der Waals surface area contributed by atoms with E-state index in [0.717, 1.165) is 12.8 Å². The molecule has 0 bridgehead atoms. The Balaban J connectivity index is -0.000000162. The molecule has 0 aromatic rings. The van der Waals surface area contributed by atoms with Gasteiger partial charge in [-0.2, -0.15) is 0 Å². The normalized spacial score (nSPS) is 15.2. The van der Waals surface area contributed by atoms with Gasteiger partial charge in [0.25, 0.3) is 0 Å². The fourth-order valence-electron chi connectivity index (χ4n) is 1.34. The van der Waals surface area contributed by atoms with Crippen LogP contribution < -0.4 is 0 Å². The smallest absolute Gasteiger partial charge is 0 e. The Labute approximate surface area is 131 Å². The van der Waals surface area contributed by atoms with Gasteiger partial charge in [-0.25, -0.2) is 0 Å². The Hall–Kier alpha value is -1.08. The molecule has 5 heteroatoms. The van der Waals surface area contributed by atoms with Gasteiger partial charge in [-0.05, 0) is 32.6 Å². The Morgan fingerprint density at radius 2 is 1.65 bits per heavy atom. The average molecular weight is 318 g/mol. The van der Waals surface area contributed by atoms with Gasteiger partial charge in [-0.3, -0.25) is 0 Å². The summed E-state index contributed by atoms with van der Waals surface area (Å²) in [5, 5.41) is 9.43. The van der Waals surface area contributed by atoms with Crippen LogP contribution in [-0.2, 0) is 31.0 Å². The van der Waals surface area contributed by atoms with Crippen molar-refractivity contribution in [2.24, 2.45) is 5.92 Å². The molecule has 20 heavy (non-hydrogen) atoms. The Morgan fingerprint density at radius 1 is 1.15 bits per heavy atom. The number of aliphatic hydroxyl groups is 1. The maximum absolute atomic E-state index is 9.43. The van der Waals surface area contributed by atoms with Crippen LogP contribution in [0.2, 0.25) is 0 Å². The molecule has 1 aliphatic carbocycles. The standard InChI is InChI=1S/C12H18O.3CO.Fe/c1-12(2,13)10-6-9-11-7-4-3-5-8-11;3*1-2;/h3-7,10-11,13H,8-9H2,1-2H3;;;;/b10-6+;;;;. The zero-order valence-electron chi connectivity index (χ0n) is 11.5. The third kappa shape index (κ3) is 22.1. The van der Waals surface area contributed by atoms with Gasteiger partial charge in [-0.15, -0.1) is 0 Å². The van der Waals surface area contributed by atoms with E-state index in [0.29, 0.717) is 5.92 Å². The summed E-state index contributed by atoms with van der Waals surface area (Å²) in [7, 11) is 0. The first-order chi connectivity index (χ1) is 9.08. The van der Waals surface area contributed by atoms with Gasteiger partial charge < -0.3 is 5.11 Å². The van der Waals surface area contributed by atoms with Crippen LogP contribution in [0, 0.1) is 25.9 Å². The largest absolute Gasteiger partial charge is 0 e. The molecule has 0 amide bonds. The number of hydrogen-bond acceptors (Lipinski definition) is 1. The molecule has 0 aliphatic heterocycles. The third-order valence-electron chi connectivity index (χ3n) is 2.03. The van der Waals surface area contributed by atoms with Gasteiger partial charge in [0.2, 0.25) is 0 Å². The van der Waals surface area contributed by atoms with E-state index in [1.165, 1.54) is 0 Å². The second-order valence-corrected chi connectivity index (χ2v) is 4.10. The summed E-state index contributed by atoms with van der Waals surface area (Å²) in [6, 6.07) is 0. The number of rotatable bonds is 3. The summed E-state index contributed by atoms with van der Waals surface area (Å²) in [6.45, 7) is 17.1. The van der Waals surface area contributed by atoms with E-state index in [-0.39, 0.29) is 17.1 Å². The molecule has 1 rings (SSSR count). The minimum Gasteiger partial charge on any atom is 0 e. The van der Waals surface area contributed by atoms with Crippen LogP contribution in [0.15, 0.2) is 36.5 Å². The summed E-state index contributed by atoms with van der Waals surface area (Å²) in [4.78, 5) is 0. The first-order valence-corrected chi connectivity index (χ1v) is 5.42. The van der Waals surface area contributed by atoms with E-state index < -0.39 is 5.60 Å². The Bertz CT molecular complexity index is 329. The summed E-state index contributed by atoms with van der Waals surface area (Å²) >= 11 is 0. The molecule has 1 atom stereocenters. The van der Waals surface area contributed by atoms with E-state index in [4.69, 9.17) is 14.0 Å². The minimum atomic E-state index is -0.672. The van der Waals surface area contributed by atoms with Crippen molar-refractivity contribution in [3.05, 3.63) is 56.4 Å². The van der Waals surface area contributed by atoms with Crippen molar-refractivity contribution < 1.29 is 36.1 Å². The minimum absolute atomic E-state index is 0. The zero-order valence-corrected chi connectivity index (χ0v) is 12.6. The van der Waals surface area contributed by atoms with Crippen molar-refractivity contribution in [2.45, 2.75) is 32.3 Å². The van der Waals surface area contributed by atoms with Crippen LogP contribution in [0.5, 0.6) is 0 Å². The van der Waals surface area contributed by atoms with Gasteiger partial charge in [0, 0.05) is 17.1 Å². The molecule has 0 aromatic heterocycles. The van der Waals surface area contributed by atoms with Crippen molar-refractivity contribution in [3.63, 3.8) is 0 Å². The van der Waals surface area contributed by atoms with Crippen LogP contribution in [0.25, 0.3) is 0 Å². The molecule has 4 nitrogen and oxygen atoms in total. The van der Waals surface area contributed by atoms with E-state index in [2.05, 4.69) is 50.3 Å². The molecule has 0 radical (unpaired) electrons. The van der Waals surface area contributed by atoms with Gasteiger partial charge in [0.1, 0.15) is 0 Å². The van der Waals surface area contributed by atoms with Crippen molar-refractivity contribution >= 4 is 0 Å². The molecular weight excluding hydrogens is 300 g/mol. The van der Waals surface area contributed by atoms with Crippen LogP contribution >= 0.6 is 0 Å². The fourth-order valence-corrected chi connectivity index (χ4v) is 1.34. The van der Waals surface area contributed by atoms with Crippen molar-refractivity contribution in [3.8, 4) is 0 Å². The van der Waals surface area contributed by atoms with Gasteiger partial charge in [0.05, 0.1) is 5.60 Å². The maximum Gasteiger partial charge on any atom is 0 e. The van der Waals surface area contributed by atoms with Crippen LogP contribution in [-0.4, -0.2) is 10.7 Å². The van der Waals surface area contributed by atoms with E-state index >= 15 is 0 Å². The first kappa shape index (κ1) is 27.3. The molecule has 0 aromatic carbocycles. The predicted octanol–water partition coefficient (Wildman–Crippen LogP) is 2.72. The van der Waals surface area contributed by atoms with Crippen LogP contribution in [0.1, 0.15) is 26.7 Å². The zero-order chi connectivity index (χ0) is 15.7. The molecule has 110 valence electrons. The number of hydrogen-bond donors (Lipinski definition) is 1. The Morgan fingerprint density at radius 3 is 2.00 bits per heavy atom. The molecule has 1 N–H and O–H groups in total. The van der Waals surface area contributed by atoms with Crippen molar-refractivity contribution in [1.82, 2.24) is 0 Å². The number of allylic oxidation sites excluding steroid dienone is 5. The first-order valence-electron chi connectivity index (χ1n) is 5.42. The molecule has 1 unspecified atom stereocenters. The maximum atomic E-state index is 9.43. The average Bonchev–Trinajstić information content (AvgIpc) is 2.45. The molecule has 0 heterocycles. The van der Waals surface area contributed by atoms with Crippen molar-refractivity contribution in [1.29, 1.82) is 0 Å². The quantitative estimate of drug-likeness (QED) is 0.369. The summed E-state index contributed by atoms with van der Waals surface area (Å²) in [5.41, 5.74) is -0.672. The second kappa shape index (κ2) is 20.2. The molecule has 0 fully saturated rings. The second-order valence-electron chi connectivity index (χ2n) is 4.10. The van der Waals surface area contributed by atoms with Gasteiger partial charge in [0.15, 0.2) is 0 Å². The topological polar surface area (TPSA) is 79.9 Å². The molecule has 0 saturated heterocycles. The monoisotopic (exact) mass is 318 g/mol. The van der Waals surface area contributed by atoms with E-state index in [1.54, 1.807) is 13.8 Å². The molecular formula is C15H18FeO4. The van der Waals surface area contributed by atoms with Crippen LogP contribution in [0.3, 0.4) is 0 Å². The van der Waals surface area contributed by atoms with Crippen LogP contribution in [0.4, 0.5) is 0 Å². The van der Waals surface area contributed by atoms with E-state index in [9.17, 15) is 5.11 Å². The summed E-state index contributed by atoms with van der Waals surface area (Å²) < 4.78 is 22.5. The summed E-state index contributed by atoms with van der Waals surface area (Å²) in [6.07, 6.45) is 14.6. The molecule has 0 saturated carbocycles. The molecule has 0 spiro atoms. The van der Waals surface area contributed by atoms with E-state index in [1.807, 2.05) is 6.08 Å². The summed E-state index contributed by atoms with van der Waals surface area (Å²) in [5.74, 6) is 0.614. The predicted molar refractivity (Wildman–Crippen MR) is 68.2 cm³/mol. The SMILES string of the molecule is CC(C)(O)/C=C/CC1C=CC=CC1.[C-]#[O+].[C-]#[O+].[C-]#[O+].[Fe]. The molecule has 1 aliphatic rings. The Kier molecular flexibility index (Phi) is 27.6. The third-order valence-corrected chi connectivity index (χ3v) is 2.03. The fraction of sp³-hybridized carbons (Fsp3) is 0.400.